The molecule has 114 valence electrons. The molecule has 0 aliphatic heterocycles. The van der Waals surface area contributed by atoms with E-state index in [0.717, 1.165) is 0 Å². The van der Waals surface area contributed by atoms with Crippen molar-refractivity contribution in [2.75, 3.05) is 0 Å². The van der Waals surface area contributed by atoms with Crippen molar-refractivity contribution in [2.24, 2.45) is 5.92 Å². The molecule has 1 N–H and O–H groups in total. The maximum absolute atomic E-state index is 13.3. The van der Waals surface area contributed by atoms with Gasteiger partial charge in [-0.3, -0.25) is 4.79 Å². The molecular formula is C16H13FO4S. The molecule has 22 heavy (non-hydrogen) atoms. The summed E-state index contributed by atoms with van der Waals surface area (Å²) in [5.41, 5.74) is 0.400. The van der Waals surface area contributed by atoms with Crippen LogP contribution in [-0.4, -0.2) is 24.7 Å². The minimum atomic E-state index is -3.77. The summed E-state index contributed by atoms with van der Waals surface area (Å²) in [5, 5.41) is 8.22. The topological polar surface area (TPSA) is 71.4 Å². The minimum Gasteiger partial charge on any atom is -0.481 e. The second-order valence-electron chi connectivity index (χ2n) is 5.27. The lowest BCUT2D eigenvalue weighted by Crippen LogP contribution is -2.13. The lowest BCUT2D eigenvalue weighted by molar-refractivity contribution is -0.138. The molecule has 2 aromatic carbocycles. The van der Waals surface area contributed by atoms with E-state index in [2.05, 4.69) is 0 Å². The molecule has 0 saturated heterocycles. The van der Waals surface area contributed by atoms with Gasteiger partial charge >= 0.3 is 5.97 Å². The van der Waals surface area contributed by atoms with Gasteiger partial charge in [0, 0.05) is 5.92 Å². The Morgan fingerprint density at radius 2 is 1.73 bits per heavy atom. The molecular weight excluding hydrogens is 307 g/mol. The third kappa shape index (κ3) is 2.39. The monoisotopic (exact) mass is 320 g/mol. The summed E-state index contributed by atoms with van der Waals surface area (Å²) >= 11 is 0. The highest BCUT2D eigenvalue weighted by Crippen LogP contribution is 2.54. The van der Waals surface area contributed by atoms with Gasteiger partial charge in [-0.25, -0.2) is 12.8 Å². The first-order chi connectivity index (χ1) is 10.4. The molecule has 4 nitrogen and oxygen atoms in total. The first-order valence-corrected chi connectivity index (χ1v) is 8.25. The van der Waals surface area contributed by atoms with Crippen molar-refractivity contribution in [1.82, 2.24) is 0 Å². The summed E-state index contributed by atoms with van der Waals surface area (Å²) in [7, 11) is -3.77. The van der Waals surface area contributed by atoms with Gasteiger partial charge in [-0.05, 0) is 29.8 Å². The van der Waals surface area contributed by atoms with Crippen LogP contribution in [-0.2, 0) is 14.6 Å². The number of hydrogen-bond donors (Lipinski definition) is 1. The molecule has 0 heterocycles. The third-order valence-electron chi connectivity index (χ3n) is 3.90. The summed E-state index contributed by atoms with van der Waals surface area (Å²) in [6, 6.07) is 13.2. The Morgan fingerprint density at radius 3 is 2.32 bits per heavy atom. The van der Waals surface area contributed by atoms with Crippen LogP contribution < -0.4 is 0 Å². The third-order valence-corrected chi connectivity index (χ3v) is 6.13. The van der Waals surface area contributed by atoms with Crippen LogP contribution in [0.2, 0.25) is 0 Å². The van der Waals surface area contributed by atoms with Crippen molar-refractivity contribution < 1.29 is 22.7 Å². The zero-order valence-corrected chi connectivity index (χ0v) is 12.2. The number of sulfone groups is 1. The molecule has 2 aromatic rings. The van der Waals surface area contributed by atoms with Crippen LogP contribution in [0, 0.1) is 11.7 Å². The number of carboxylic acids is 1. The largest absolute Gasteiger partial charge is 0.481 e. The van der Waals surface area contributed by atoms with Crippen molar-refractivity contribution in [3.05, 3.63) is 66.0 Å². The van der Waals surface area contributed by atoms with E-state index < -0.39 is 38.7 Å². The van der Waals surface area contributed by atoms with Crippen LogP contribution in [0.1, 0.15) is 11.5 Å². The Labute approximate surface area is 127 Å². The highest BCUT2D eigenvalue weighted by atomic mass is 32.2. The molecule has 1 aliphatic carbocycles. The van der Waals surface area contributed by atoms with Gasteiger partial charge in [-0.1, -0.05) is 30.3 Å². The number of carboxylic acid groups (broad SMARTS) is 1. The molecule has 0 spiro atoms. The van der Waals surface area contributed by atoms with Gasteiger partial charge in [-0.15, -0.1) is 0 Å². The van der Waals surface area contributed by atoms with Gasteiger partial charge in [0.15, 0.2) is 9.84 Å². The number of halogens is 1. The Hall–Kier alpha value is -2.21. The summed E-state index contributed by atoms with van der Waals surface area (Å²) in [6.45, 7) is 0. The quantitative estimate of drug-likeness (QED) is 0.939. The summed E-state index contributed by atoms with van der Waals surface area (Å²) < 4.78 is 38.6. The van der Waals surface area contributed by atoms with Gasteiger partial charge in [-0.2, -0.15) is 0 Å². The highest BCUT2D eigenvalue weighted by Gasteiger charge is 2.63. The maximum atomic E-state index is 13.3. The van der Waals surface area contributed by atoms with Crippen LogP contribution in [0.3, 0.4) is 0 Å². The molecule has 0 radical (unpaired) electrons. The predicted molar refractivity (Wildman–Crippen MR) is 77.7 cm³/mol. The maximum Gasteiger partial charge on any atom is 0.308 e. The SMILES string of the molecule is O=C(O)[C@H]1[C@H](c2cccc(F)c2)[C@@H]1S(=O)(=O)c1ccccc1. The first kappa shape index (κ1) is 14.7. The van der Waals surface area contributed by atoms with E-state index >= 15 is 0 Å². The van der Waals surface area contributed by atoms with Gasteiger partial charge in [0.1, 0.15) is 5.82 Å². The normalized spacial score (nSPS) is 24.0. The van der Waals surface area contributed by atoms with E-state index in [1.54, 1.807) is 24.3 Å². The van der Waals surface area contributed by atoms with Gasteiger partial charge < -0.3 is 5.11 Å². The molecule has 0 bridgehead atoms. The summed E-state index contributed by atoms with van der Waals surface area (Å²) in [4.78, 5) is 11.4. The molecule has 0 unspecified atom stereocenters. The number of aliphatic carboxylic acids is 1. The lowest BCUT2D eigenvalue weighted by atomic mass is 10.1. The Bertz CT molecular complexity index is 817. The molecule has 1 fully saturated rings. The molecule has 3 atom stereocenters. The van der Waals surface area contributed by atoms with E-state index in [1.165, 1.54) is 30.3 Å². The van der Waals surface area contributed by atoms with Crippen LogP contribution in [0.25, 0.3) is 0 Å². The number of hydrogen-bond acceptors (Lipinski definition) is 3. The van der Waals surface area contributed by atoms with Crippen molar-refractivity contribution in [3.8, 4) is 0 Å². The Balaban J connectivity index is 2.01. The molecule has 3 rings (SSSR count). The minimum absolute atomic E-state index is 0.0881. The molecule has 1 saturated carbocycles. The summed E-state index contributed by atoms with van der Waals surface area (Å²) in [5.74, 6) is -3.46. The van der Waals surface area contributed by atoms with Crippen molar-refractivity contribution in [2.45, 2.75) is 16.1 Å². The average Bonchev–Trinajstić information content (AvgIpc) is 3.25. The standard InChI is InChI=1S/C16H13FO4S/c17-11-6-4-5-10(9-11)13-14(16(18)19)15(13)22(20,21)12-7-2-1-3-8-12/h1-9,13-15H,(H,18,19)/t13-,14-,15-/m0/s1. The van der Waals surface area contributed by atoms with E-state index in [4.69, 9.17) is 0 Å². The van der Waals surface area contributed by atoms with E-state index in [0.29, 0.717) is 5.56 Å². The number of rotatable bonds is 4. The zero-order valence-electron chi connectivity index (χ0n) is 11.4. The fourth-order valence-corrected chi connectivity index (χ4v) is 4.99. The van der Waals surface area contributed by atoms with Gasteiger partial charge in [0.2, 0.25) is 0 Å². The second kappa shape index (κ2) is 5.21. The van der Waals surface area contributed by atoms with Crippen molar-refractivity contribution in [3.63, 3.8) is 0 Å². The smallest absolute Gasteiger partial charge is 0.308 e. The average molecular weight is 320 g/mol. The number of benzene rings is 2. The molecule has 0 amide bonds. The highest BCUT2D eigenvalue weighted by molar-refractivity contribution is 7.92. The van der Waals surface area contributed by atoms with E-state index in [1.807, 2.05) is 0 Å². The Morgan fingerprint density at radius 1 is 1.05 bits per heavy atom. The molecule has 0 aromatic heterocycles. The first-order valence-electron chi connectivity index (χ1n) is 6.70. The molecule has 6 heteroatoms. The van der Waals surface area contributed by atoms with E-state index in [-0.39, 0.29) is 4.90 Å². The predicted octanol–water partition coefficient (Wildman–Crippen LogP) is 2.47. The van der Waals surface area contributed by atoms with Crippen LogP contribution in [0.4, 0.5) is 4.39 Å². The second-order valence-corrected chi connectivity index (χ2v) is 7.37. The van der Waals surface area contributed by atoms with E-state index in [9.17, 15) is 22.7 Å². The van der Waals surface area contributed by atoms with Crippen LogP contribution in [0.5, 0.6) is 0 Å². The van der Waals surface area contributed by atoms with Gasteiger partial charge in [0.25, 0.3) is 0 Å². The zero-order chi connectivity index (χ0) is 15.9. The van der Waals surface area contributed by atoms with Crippen LogP contribution in [0.15, 0.2) is 59.5 Å². The molecule has 1 aliphatic rings. The van der Waals surface area contributed by atoms with Gasteiger partial charge in [0.05, 0.1) is 16.1 Å². The van der Waals surface area contributed by atoms with Crippen molar-refractivity contribution >= 4 is 15.8 Å². The Kier molecular flexibility index (Phi) is 3.48. The van der Waals surface area contributed by atoms with Crippen LogP contribution >= 0.6 is 0 Å². The lowest BCUT2D eigenvalue weighted by Gasteiger charge is -2.04. The number of carbonyl (C=O) groups is 1. The fraction of sp³-hybridized carbons (Fsp3) is 0.188. The fourth-order valence-electron chi connectivity index (χ4n) is 2.84. The van der Waals surface area contributed by atoms with Crippen molar-refractivity contribution in [1.29, 1.82) is 0 Å². The summed E-state index contributed by atoms with van der Waals surface area (Å²) in [6.07, 6.45) is 0.